The largest absolute Gasteiger partial charge is 0.310 e. The zero-order valence-corrected chi connectivity index (χ0v) is 40.0. The maximum Gasteiger partial charge on any atom is 0.0540 e. The summed E-state index contributed by atoms with van der Waals surface area (Å²) in [5.41, 5.74) is 16.7. The maximum absolute atomic E-state index is 2.38. The van der Waals surface area contributed by atoms with Crippen LogP contribution in [0.3, 0.4) is 0 Å². The van der Waals surface area contributed by atoms with Crippen LogP contribution in [0.5, 0.6) is 0 Å². The van der Waals surface area contributed by atoms with E-state index >= 15 is 0 Å². The van der Waals surface area contributed by atoms with Crippen LogP contribution in [-0.2, 0) is 10.8 Å². The summed E-state index contributed by atoms with van der Waals surface area (Å²) in [5, 5.41) is 4.90. The normalized spacial score (nSPS) is 11.9. The van der Waals surface area contributed by atoms with Gasteiger partial charge in [0.25, 0.3) is 0 Å². The first-order chi connectivity index (χ1) is 33.0. The van der Waals surface area contributed by atoms with Gasteiger partial charge in [-0.15, -0.1) is 0 Å². The summed E-state index contributed by atoms with van der Waals surface area (Å²) in [6.45, 7) is 13.6. The predicted octanol–water partition coefficient (Wildman–Crippen LogP) is 19.0. The van der Waals surface area contributed by atoms with Gasteiger partial charge < -0.3 is 9.80 Å². The predicted molar refractivity (Wildman–Crippen MR) is 294 cm³/mol. The number of rotatable bonds is 10. The molecule has 10 rings (SSSR count). The molecule has 10 aromatic rings. The van der Waals surface area contributed by atoms with Crippen molar-refractivity contribution < 1.29 is 0 Å². The highest BCUT2D eigenvalue weighted by molar-refractivity contribution is 6.00. The average Bonchev–Trinajstić information content (AvgIpc) is 3.37. The monoisotopic (exact) mass is 878 g/mol. The van der Waals surface area contributed by atoms with Gasteiger partial charge in [-0.2, -0.15) is 0 Å². The molecular formula is C66H58N2. The molecule has 0 bridgehead atoms. The number of nitrogens with zero attached hydrogens (tertiary/aromatic N) is 2. The van der Waals surface area contributed by atoms with E-state index in [0.29, 0.717) is 0 Å². The number of hydrogen-bond acceptors (Lipinski definition) is 2. The Morgan fingerprint density at radius 1 is 0.279 bits per heavy atom. The van der Waals surface area contributed by atoms with Crippen molar-refractivity contribution in [2.24, 2.45) is 0 Å². The third kappa shape index (κ3) is 9.24. The van der Waals surface area contributed by atoms with E-state index in [-0.39, 0.29) is 10.8 Å². The van der Waals surface area contributed by atoms with Crippen LogP contribution < -0.4 is 9.80 Å². The minimum atomic E-state index is 0.0849. The minimum absolute atomic E-state index is 0.0849. The van der Waals surface area contributed by atoms with Crippen LogP contribution in [0.1, 0.15) is 63.8 Å². The maximum atomic E-state index is 2.38. The molecule has 0 fully saturated rings. The summed E-state index contributed by atoms with van der Waals surface area (Å²) in [6.07, 6.45) is 4.39. The van der Waals surface area contributed by atoms with E-state index in [0.717, 1.165) is 45.3 Å². The van der Waals surface area contributed by atoms with Gasteiger partial charge in [0.1, 0.15) is 0 Å². The van der Waals surface area contributed by atoms with E-state index in [9.17, 15) is 0 Å². The Hall–Kier alpha value is -7.94. The van der Waals surface area contributed by atoms with Crippen LogP contribution in [0, 0.1) is 0 Å². The molecule has 2 nitrogen and oxygen atoms in total. The van der Waals surface area contributed by atoms with Gasteiger partial charge in [0.05, 0.1) is 11.4 Å². The number of anilines is 6. The Balaban J connectivity index is 0.848. The fourth-order valence-corrected chi connectivity index (χ4v) is 9.25. The first-order valence-electron chi connectivity index (χ1n) is 23.8. The van der Waals surface area contributed by atoms with Gasteiger partial charge in [-0.1, -0.05) is 224 Å². The highest BCUT2D eigenvalue weighted by Gasteiger charge is 2.20. The van der Waals surface area contributed by atoms with Crippen LogP contribution in [0.15, 0.2) is 231 Å². The van der Waals surface area contributed by atoms with Crippen LogP contribution in [0.2, 0.25) is 0 Å². The molecule has 0 amide bonds. The molecular weight excluding hydrogens is 821 g/mol. The minimum Gasteiger partial charge on any atom is -0.310 e. The van der Waals surface area contributed by atoms with Crippen molar-refractivity contribution >= 4 is 67.8 Å². The van der Waals surface area contributed by atoms with Crippen molar-refractivity contribution in [3.63, 3.8) is 0 Å². The Kier molecular flexibility index (Phi) is 11.9. The lowest BCUT2D eigenvalue weighted by Gasteiger charge is -2.28. The second-order valence-electron chi connectivity index (χ2n) is 19.9. The van der Waals surface area contributed by atoms with E-state index in [1.54, 1.807) is 0 Å². The van der Waals surface area contributed by atoms with Crippen LogP contribution >= 0.6 is 0 Å². The molecule has 2 heteroatoms. The smallest absolute Gasteiger partial charge is 0.0540 e. The molecule has 0 radical (unpaired) electrons. The molecule has 0 saturated carbocycles. The molecule has 0 unspecified atom stereocenters. The number of hydrogen-bond donors (Lipinski definition) is 0. The SMILES string of the molecule is CC(C)(C)c1ccc(N(c2ccc(-c3ccc(/C=C/c4ccc(-c5ccc(N(c6ccc(C(C)(C)C)cc6)c6cccc7ccccc67)cc5)cc4)cc3)cc2)c2cccc3ccccc23)cc1. The van der Waals surface area contributed by atoms with Crippen LogP contribution in [0.25, 0.3) is 56.0 Å². The van der Waals surface area contributed by atoms with Crippen molar-refractivity contribution in [1.29, 1.82) is 0 Å². The summed E-state index contributed by atoms with van der Waals surface area (Å²) in [7, 11) is 0. The quantitative estimate of drug-likeness (QED) is 0.126. The highest BCUT2D eigenvalue weighted by Crippen LogP contribution is 2.42. The molecule has 0 heterocycles. The summed E-state index contributed by atoms with van der Waals surface area (Å²) >= 11 is 0. The van der Waals surface area contributed by atoms with Crippen LogP contribution in [-0.4, -0.2) is 0 Å². The summed E-state index contributed by atoms with van der Waals surface area (Å²) in [4.78, 5) is 4.76. The van der Waals surface area contributed by atoms with Crippen LogP contribution in [0.4, 0.5) is 34.1 Å². The van der Waals surface area contributed by atoms with E-state index in [2.05, 4.69) is 294 Å². The molecule has 68 heavy (non-hydrogen) atoms. The Morgan fingerprint density at radius 2 is 0.559 bits per heavy atom. The van der Waals surface area contributed by atoms with Crippen molar-refractivity contribution in [3.8, 4) is 22.3 Å². The summed E-state index contributed by atoms with van der Waals surface area (Å²) < 4.78 is 0. The third-order valence-corrected chi connectivity index (χ3v) is 13.2. The summed E-state index contributed by atoms with van der Waals surface area (Å²) in [5.74, 6) is 0. The van der Waals surface area contributed by atoms with Crippen molar-refractivity contribution in [3.05, 3.63) is 253 Å². The van der Waals surface area contributed by atoms with E-state index in [1.807, 2.05) is 0 Å². The fraction of sp³-hybridized carbons (Fsp3) is 0.121. The zero-order valence-electron chi connectivity index (χ0n) is 40.0. The standard InChI is InChI=1S/C66H58N2/c1-65(2,3)55-35-43-59(44-36-55)67(63-19-11-15-53-13-7-9-17-61(53)63)57-39-31-51(32-40-57)49-27-23-47(24-28-49)21-22-48-25-29-50(30-26-48)52-33-41-58(42-34-52)68(60-45-37-56(38-46-60)66(4,5)6)64-20-12-16-54-14-8-10-18-62(54)64/h7-46H,1-6H3/b22-21+. The lowest BCUT2D eigenvalue weighted by molar-refractivity contribution is 0.590. The molecule has 0 N–H and O–H groups in total. The first kappa shape index (κ1) is 43.9. The van der Waals surface area contributed by atoms with Crippen molar-refractivity contribution in [1.82, 2.24) is 0 Å². The average molecular weight is 879 g/mol. The van der Waals surface area contributed by atoms with Gasteiger partial charge in [0.2, 0.25) is 0 Å². The zero-order chi connectivity index (χ0) is 46.8. The molecule has 0 aliphatic heterocycles. The number of fused-ring (bicyclic) bond motifs is 2. The second kappa shape index (κ2) is 18.4. The van der Waals surface area contributed by atoms with Crippen molar-refractivity contribution in [2.45, 2.75) is 52.4 Å². The van der Waals surface area contributed by atoms with Gasteiger partial charge >= 0.3 is 0 Å². The molecule has 0 aliphatic carbocycles. The molecule has 332 valence electrons. The Bertz CT molecular complexity index is 3110. The van der Waals surface area contributed by atoms with Gasteiger partial charge in [0, 0.05) is 33.5 Å². The lowest BCUT2D eigenvalue weighted by Crippen LogP contribution is -2.13. The van der Waals surface area contributed by atoms with Gasteiger partial charge in [-0.3, -0.25) is 0 Å². The summed E-state index contributed by atoms with van der Waals surface area (Å²) in [6, 6.07) is 84.1. The third-order valence-electron chi connectivity index (χ3n) is 13.2. The van der Waals surface area contributed by atoms with E-state index < -0.39 is 0 Å². The topological polar surface area (TPSA) is 6.48 Å². The van der Waals surface area contributed by atoms with E-state index in [4.69, 9.17) is 0 Å². The Morgan fingerprint density at radius 3 is 0.882 bits per heavy atom. The molecule has 0 aliphatic rings. The van der Waals surface area contributed by atoms with Gasteiger partial charge in [-0.25, -0.2) is 0 Å². The first-order valence-corrected chi connectivity index (χ1v) is 23.8. The Labute approximate surface area is 403 Å². The molecule has 10 aromatic carbocycles. The molecule has 0 saturated heterocycles. The lowest BCUT2D eigenvalue weighted by atomic mass is 9.87. The van der Waals surface area contributed by atoms with Gasteiger partial charge in [-0.05, 0) is 127 Å². The second-order valence-corrected chi connectivity index (χ2v) is 19.9. The highest BCUT2D eigenvalue weighted by atomic mass is 15.1. The molecule has 0 spiro atoms. The fourth-order valence-electron chi connectivity index (χ4n) is 9.25. The van der Waals surface area contributed by atoms with Gasteiger partial charge in [0.15, 0.2) is 0 Å². The van der Waals surface area contributed by atoms with E-state index in [1.165, 1.54) is 54.9 Å². The van der Waals surface area contributed by atoms with Crippen molar-refractivity contribution in [2.75, 3.05) is 9.80 Å². The number of benzene rings is 10. The molecule has 0 aromatic heterocycles. The molecule has 0 atom stereocenters.